The van der Waals surface area contributed by atoms with Crippen LogP contribution in [-0.2, 0) is 14.4 Å². The molecule has 3 aromatic rings. The lowest BCUT2D eigenvalue weighted by Crippen LogP contribution is -2.45. The third-order valence-corrected chi connectivity index (χ3v) is 7.37. The van der Waals surface area contributed by atoms with Crippen molar-refractivity contribution in [1.82, 2.24) is 0 Å². The molecule has 168 valence electrons. The van der Waals surface area contributed by atoms with Crippen molar-refractivity contribution >= 4 is 39.1 Å². The Labute approximate surface area is 200 Å². The van der Waals surface area contributed by atoms with Crippen LogP contribution in [-0.4, -0.2) is 24.5 Å². The van der Waals surface area contributed by atoms with E-state index in [2.05, 4.69) is 15.9 Å². The van der Waals surface area contributed by atoms with Crippen LogP contribution in [0.2, 0.25) is 0 Å². The summed E-state index contributed by atoms with van der Waals surface area (Å²) in [5.74, 6) is 0.0352. The molecule has 0 aromatic heterocycles. The number of hydrogen-bond donors (Lipinski definition) is 0. The zero-order valence-corrected chi connectivity index (χ0v) is 20.1. The van der Waals surface area contributed by atoms with Crippen molar-refractivity contribution in [3.8, 4) is 5.75 Å². The smallest absolute Gasteiger partial charge is 0.269 e. The third kappa shape index (κ3) is 3.03. The van der Waals surface area contributed by atoms with Gasteiger partial charge < -0.3 is 4.74 Å². The van der Waals surface area contributed by atoms with E-state index in [-0.39, 0.29) is 11.8 Å². The minimum absolute atomic E-state index is 0.295. The van der Waals surface area contributed by atoms with Crippen molar-refractivity contribution in [3.63, 3.8) is 0 Å². The highest BCUT2D eigenvalue weighted by Crippen LogP contribution is 2.61. The van der Waals surface area contributed by atoms with Crippen LogP contribution >= 0.6 is 15.9 Å². The molecule has 6 nitrogen and oxygen atoms in total. The number of imide groups is 1. The van der Waals surface area contributed by atoms with E-state index in [0.717, 1.165) is 15.7 Å². The largest absolute Gasteiger partial charge is 0.497 e. The van der Waals surface area contributed by atoms with Gasteiger partial charge in [-0.3, -0.25) is 14.4 Å². The second kappa shape index (κ2) is 7.71. The van der Waals surface area contributed by atoms with Gasteiger partial charge in [-0.1, -0.05) is 46.3 Å². The van der Waals surface area contributed by atoms with Gasteiger partial charge in [0.25, 0.3) is 5.91 Å². The molecule has 0 unspecified atom stereocenters. The number of amides is 2. The van der Waals surface area contributed by atoms with E-state index in [9.17, 15) is 9.59 Å². The van der Waals surface area contributed by atoms with Gasteiger partial charge in [-0.05, 0) is 67.9 Å². The van der Waals surface area contributed by atoms with Crippen LogP contribution in [0.4, 0.5) is 11.4 Å². The number of fused-ring (bicyclic) bond motifs is 1. The quantitative estimate of drug-likeness (QED) is 0.450. The molecule has 3 aromatic carbocycles. The van der Waals surface area contributed by atoms with Crippen LogP contribution in [0.1, 0.15) is 25.5 Å². The fourth-order valence-corrected chi connectivity index (χ4v) is 5.08. The minimum Gasteiger partial charge on any atom is -0.497 e. The molecule has 3 atom stereocenters. The number of carbonyl (C=O) groups is 2. The van der Waals surface area contributed by atoms with Gasteiger partial charge in [0.05, 0.1) is 24.5 Å². The lowest BCUT2D eigenvalue weighted by Gasteiger charge is -2.33. The molecule has 0 spiro atoms. The number of para-hydroxylation sites is 1. The van der Waals surface area contributed by atoms with E-state index in [1.54, 1.807) is 31.2 Å². The SMILES string of the molecule is COc1ccc([C@@H]2N(c3ccccc3)O[C@@]3(C)C(=O)N(c4ccc(Br)cc4)C(=O)[C@@]23C)cc1. The van der Waals surface area contributed by atoms with Crippen LogP contribution in [0.15, 0.2) is 83.3 Å². The Bertz CT molecular complexity index is 1220. The number of halogens is 1. The summed E-state index contributed by atoms with van der Waals surface area (Å²) in [6.45, 7) is 3.54. The summed E-state index contributed by atoms with van der Waals surface area (Å²) in [6.07, 6.45) is 0. The summed E-state index contributed by atoms with van der Waals surface area (Å²) in [5, 5.41) is 1.70. The van der Waals surface area contributed by atoms with Crippen molar-refractivity contribution in [3.05, 3.63) is 88.9 Å². The van der Waals surface area contributed by atoms with Crippen molar-refractivity contribution in [2.45, 2.75) is 25.5 Å². The topological polar surface area (TPSA) is 59.1 Å². The summed E-state index contributed by atoms with van der Waals surface area (Å²) >= 11 is 3.41. The van der Waals surface area contributed by atoms with Crippen LogP contribution < -0.4 is 14.7 Å². The number of carbonyl (C=O) groups excluding carboxylic acids is 2. The van der Waals surface area contributed by atoms with E-state index < -0.39 is 17.1 Å². The summed E-state index contributed by atoms with van der Waals surface area (Å²) in [5.41, 5.74) is -0.428. The Morgan fingerprint density at radius 3 is 2.09 bits per heavy atom. The normalized spacial score (nSPS) is 26.6. The Kier molecular flexibility index (Phi) is 5.06. The van der Waals surface area contributed by atoms with Crippen molar-refractivity contribution in [2.75, 3.05) is 17.1 Å². The fraction of sp³-hybridized carbons (Fsp3) is 0.231. The van der Waals surface area contributed by atoms with E-state index in [1.165, 1.54) is 4.90 Å². The molecule has 0 aliphatic carbocycles. The van der Waals surface area contributed by atoms with Crippen molar-refractivity contribution in [2.24, 2.45) is 5.41 Å². The Balaban J connectivity index is 1.67. The van der Waals surface area contributed by atoms with Gasteiger partial charge in [-0.15, -0.1) is 0 Å². The van der Waals surface area contributed by atoms with Crippen LogP contribution in [0.5, 0.6) is 5.75 Å². The molecule has 2 aliphatic rings. The Morgan fingerprint density at radius 1 is 0.848 bits per heavy atom. The van der Waals surface area contributed by atoms with E-state index in [4.69, 9.17) is 9.57 Å². The van der Waals surface area contributed by atoms with E-state index in [1.807, 2.05) is 73.7 Å². The monoisotopic (exact) mass is 506 g/mol. The van der Waals surface area contributed by atoms with Gasteiger partial charge in [0.1, 0.15) is 11.2 Å². The zero-order chi connectivity index (χ0) is 23.4. The van der Waals surface area contributed by atoms with Crippen LogP contribution in [0, 0.1) is 5.41 Å². The van der Waals surface area contributed by atoms with Gasteiger partial charge >= 0.3 is 0 Å². The Morgan fingerprint density at radius 2 is 1.48 bits per heavy atom. The number of ether oxygens (including phenoxy) is 1. The highest BCUT2D eigenvalue weighted by atomic mass is 79.9. The van der Waals surface area contributed by atoms with Gasteiger partial charge in [-0.2, -0.15) is 0 Å². The standard InChI is InChI=1S/C26H23BrN2O4/c1-25-22(17-9-15-21(32-3)16-10-17)29(20-7-5-4-6-8-20)33-26(25,2)24(31)28(23(25)30)19-13-11-18(27)12-14-19/h4-16,22H,1-3H3/t22-,25+,26-/m0/s1. The maximum atomic E-state index is 14.1. The molecule has 0 N–H and O–H groups in total. The minimum atomic E-state index is -1.39. The lowest BCUT2D eigenvalue weighted by atomic mass is 9.69. The lowest BCUT2D eigenvalue weighted by molar-refractivity contribution is -0.141. The first-order valence-corrected chi connectivity index (χ1v) is 11.4. The molecule has 7 heteroatoms. The van der Waals surface area contributed by atoms with Gasteiger partial charge in [0.2, 0.25) is 5.91 Å². The molecule has 0 radical (unpaired) electrons. The fourth-order valence-electron chi connectivity index (χ4n) is 4.82. The summed E-state index contributed by atoms with van der Waals surface area (Å²) in [7, 11) is 1.61. The molecule has 2 amide bonds. The maximum absolute atomic E-state index is 14.1. The molecule has 2 heterocycles. The average molecular weight is 507 g/mol. The number of anilines is 2. The third-order valence-electron chi connectivity index (χ3n) is 6.84. The predicted octanol–water partition coefficient (Wildman–Crippen LogP) is 5.29. The number of nitrogens with zero attached hydrogens (tertiary/aromatic N) is 2. The van der Waals surface area contributed by atoms with Crippen LogP contribution in [0.3, 0.4) is 0 Å². The highest BCUT2D eigenvalue weighted by molar-refractivity contribution is 9.10. The van der Waals surface area contributed by atoms with E-state index in [0.29, 0.717) is 11.4 Å². The van der Waals surface area contributed by atoms with Crippen molar-refractivity contribution in [1.29, 1.82) is 0 Å². The second-order valence-corrected chi connectivity index (χ2v) is 9.50. The van der Waals surface area contributed by atoms with Gasteiger partial charge in [0, 0.05) is 4.47 Å². The number of rotatable bonds is 4. The molecule has 5 rings (SSSR count). The molecule has 2 saturated heterocycles. The van der Waals surface area contributed by atoms with Crippen LogP contribution in [0.25, 0.3) is 0 Å². The first-order valence-electron chi connectivity index (χ1n) is 10.6. The van der Waals surface area contributed by atoms with Gasteiger partial charge in [0.15, 0.2) is 5.60 Å². The molecule has 0 bridgehead atoms. The molecule has 2 aliphatic heterocycles. The highest BCUT2D eigenvalue weighted by Gasteiger charge is 2.75. The summed E-state index contributed by atoms with van der Waals surface area (Å²) < 4.78 is 6.19. The Hall–Kier alpha value is -3.16. The number of hydroxylamine groups is 1. The first kappa shape index (κ1) is 21.7. The number of methoxy groups -OCH3 is 1. The molecule has 0 saturated carbocycles. The summed E-state index contributed by atoms with van der Waals surface area (Å²) in [4.78, 5) is 35.5. The second-order valence-electron chi connectivity index (χ2n) is 8.59. The number of benzene rings is 3. The molecule has 2 fully saturated rings. The first-order chi connectivity index (χ1) is 15.8. The summed E-state index contributed by atoms with van der Waals surface area (Å²) in [6, 6.07) is 23.7. The molecule has 33 heavy (non-hydrogen) atoms. The number of hydrogen-bond acceptors (Lipinski definition) is 5. The van der Waals surface area contributed by atoms with E-state index >= 15 is 0 Å². The molecular weight excluding hydrogens is 484 g/mol. The van der Waals surface area contributed by atoms with Gasteiger partial charge in [-0.25, -0.2) is 9.96 Å². The molecular formula is C26H23BrN2O4. The average Bonchev–Trinajstić information content (AvgIpc) is 3.17. The maximum Gasteiger partial charge on any atom is 0.269 e. The predicted molar refractivity (Wildman–Crippen MR) is 129 cm³/mol. The zero-order valence-electron chi connectivity index (χ0n) is 18.5. The van der Waals surface area contributed by atoms with Crippen molar-refractivity contribution < 1.29 is 19.2 Å².